The third-order valence-electron chi connectivity index (χ3n) is 4.25. The number of aromatic nitrogens is 3. The monoisotopic (exact) mass is 284 g/mol. The second-order valence-corrected chi connectivity index (χ2v) is 6.27. The lowest BCUT2D eigenvalue weighted by atomic mass is 9.99. The Morgan fingerprint density at radius 1 is 1.33 bits per heavy atom. The normalized spacial score (nSPS) is 16.2. The summed E-state index contributed by atoms with van der Waals surface area (Å²) in [7, 11) is 0. The van der Waals surface area contributed by atoms with Gasteiger partial charge in [-0.05, 0) is 57.2 Å². The summed E-state index contributed by atoms with van der Waals surface area (Å²) in [4.78, 5) is 4.45. The van der Waals surface area contributed by atoms with Crippen LogP contribution in [0.3, 0.4) is 0 Å². The molecule has 2 aromatic heterocycles. The van der Waals surface area contributed by atoms with E-state index in [0.29, 0.717) is 5.92 Å². The zero-order valence-electron chi connectivity index (χ0n) is 13.3. The molecule has 0 amide bonds. The molecular formula is C17H24N4. The first-order valence-electron chi connectivity index (χ1n) is 7.78. The van der Waals surface area contributed by atoms with Gasteiger partial charge in [0.05, 0.1) is 5.69 Å². The van der Waals surface area contributed by atoms with Gasteiger partial charge in [-0.3, -0.25) is 0 Å². The van der Waals surface area contributed by atoms with Crippen molar-refractivity contribution in [2.75, 3.05) is 6.54 Å². The molecule has 0 radical (unpaired) electrons. The zero-order valence-corrected chi connectivity index (χ0v) is 13.3. The van der Waals surface area contributed by atoms with E-state index in [9.17, 15) is 0 Å². The topological polar surface area (TPSA) is 42.7 Å². The highest BCUT2D eigenvalue weighted by Crippen LogP contribution is 2.26. The minimum Gasteiger partial charge on any atom is -0.313 e. The molecule has 2 aromatic rings. The molecule has 0 aromatic carbocycles. The molecule has 0 spiro atoms. The number of rotatable bonds is 5. The predicted molar refractivity (Wildman–Crippen MR) is 85.0 cm³/mol. The molecule has 1 aliphatic rings. The lowest BCUT2D eigenvalue weighted by Crippen LogP contribution is -2.22. The Morgan fingerprint density at radius 3 is 2.76 bits per heavy atom. The summed E-state index contributed by atoms with van der Waals surface area (Å²) in [6.45, 7) is 9.63. The van der Waals surface area contributed by atoms with Gasteiger partial charge in [0.1, 0.15) is 0 Å². The highest BCUT2D eigenvalue weighted by molar-refractivity contribution is 5.36. The fourth-order valence-electron chi connectivity index (χ4n) is 2.96. The lowest BCUT2D eigenvalue weighted by Gasteiger charge is -2.13. The Balaban J connectivity index is 1.88. The first-order chi connectivity index (χ1) is 10.1. The summed E-state index contributed by atoms with van der Waals surface area (Å²) in [5.41, 5.74) is 4.88. The molecular weight excluding hydrogens is 260 g/mol. The quantitative estimate of drug-likeness (QED) is 0.917. The van der Waals surface area contributed by atoms with Crippen LogP contribution in [0.2, 0.25) is 0 Å². The Morgan fingerprint density at radius 2 is 2.10 bits per heavy atom. The van der Waals surface area contributed by atoms with Gasteiger partial charge in [-0.1, -0.05) is 6.92 Å². The van der Waals surface area contributed by atoms with Crippen LogP contribution in [0, 0.1) is 20.8 Å². The molecule has 1 N–H and O–H groups in total. The average Bonchev–Trinajstić information content (AvgIpc) is 3.22. The second-order valence-electron chi connectivity index (χ2n) is 6.27. The molecule has 3 rings (SSSR count). The van der Waals surface area contributed by atoms with Gasteiger partial charge in [0.2, 0.25) is 0 Å². The number of pyridine rings is 1. The summed E-state index contributed by atoms with van der Waals surface area (Å²) in [6.07, 6.45) is 4.51. The van der Waals surface area contributed by atoms with Crippen molar-refractivity contribution in [1.29, 1.82) is 0 Å². The molecule has 1 atom stereocenters. The lowest BCUT2D eigenvalue weighted by molar-refractivity contribution is 0.607. The minimum absolute atomic E-state index is 0.476. The van der Waals surface area contributed by atoms with Crippen molar-refractivity contribution in [2.24, 2.45) is 0 Å². The van der Waals surface area contributed by atoms with Crippen molar-refractivity contribution in [3.63, 3.8) is 0 Å². The summed E-state index contributed by atoms with van der Waals surface area (Å²) in [5, 5.41) is 8.33. The van der Waals surface area contributed by atoms with E-state index in [2.05, 4.69) is 44.1 Å². The average molecular weight is 284 g/mol. The van der Waals surface area contributed by atoms with Gasteiger partial charge >= 0.3 is 0 Å². The fourth-order valence-corrected chi connectivity index (χ4v) is 2.96. The van der Waals surface area contributed by atoms with Gasteiger partial charge in [0, 0.05) is 30.0 Å². The minimum atomic E-state index is 0.476. The third kappa shape index (κ3) is 3.00. The van der Waals surface area contributed by atoms with Gasteiger partial charge < -0.3 is 5.32 Å². The second kappa shape index (κ2) is 5.60. The first kappa shape index (κ1) is 14.3. The van der Waals surface area contributed by atoms with Gasteiger partial charge in [0.25, 0.3) is 0 Å². The van der Waals surface area contributed by atoms with Crippen molar-refractivity contribution in [3.8, 4) is 5.82 Å². The van der Waals surface area contributed by atoms with Crippen molar-refractivity contribution in [2.45, 2.75) is 52.5 Å². The van der Waals surface area contributed by atoms with Crippen LogP contribution in [0.1, 0.15) is 48.2 Å². The van der Waals surface area contributed by atoms with Crippen LogP contribution in [0.25, 0.3) is 5.82 Å². The summed E-state index contributed by atoms with van der Waals surface area (Å²) in [6, 6.07) is 4.84. The van der Waals surface area contributed by atoms with Gasteiger partial charge in [-0.15, -0.1) is 0 Å². The van der Waals surface area contributed by atoms with Crippen molar-refractivity contribution in [1.82, 2.24) is 20.1 Å². The first-order valence-corrected chi connectivity index (χ1v) is 7.78. The van der Waals surface area contributed by atoms with Crippen molar-refractivity contribution in [3.05, 3.63) is 40.8 Å². The Bertz CT molecular complexity index is 640. The number of nitrogens with one attached hydrogen (secondary N) is 1. The largest absolute Gasteiger partial charge is 0.313 e. The maximum absolute atomic E-state index is 4.71. The van der Waals surface area contributed by atoms with Gasteiger partial charge in [-0.2, -0.15) is 5.10 Å². The van der Waals surface area contributed by atoms with E-state index in [-0.39, 0.29) is 0 Å². The number of hydrogen-bond acceptors (Lipinski definition) is 3. The number of hydrogen-bond donors (Lipinski definition) is 1. The molecule has 1 aliphatic carbocycles. The summed E-state index contributed by atoms with van der Waals surface area (Å²) >= 11 is 0. The van der Waals surface area contributed by atoms with E-state index in [0.717, 1.165) is 24.1 Å². The predicted octanol–water partition coefficient (Wildman–Crippen LogP) is 3.05. The molecule has 1 fully saturated rings. The van der Waals surface area contributed by atoms with Crippen LogP contribution in [0.4, 0.5) is 0 Å². The number of aryl methyl sites for hydroxylation is 2. The molecule has 4 nitrogen and oxygen atoms in total. The smallest absolute Gasteiger partial charge is 0.153 e. The molecule has 112 valence electrons. The van der Waals surface area contributed by atoms with E-state index < -0.39 is 0 Å². The highest BCUT2D eigenvalue weighted by Gasteiger charge is 2.23. The van der Waals surface area contributed by atoms with Gasteiger partial charge in [0.15, 0.2) is 5.82 Å². The van der Waals surface area contributed by atoms with Crippen LogP contribution in [0.5, 0.6) is 0 Å². The summed E-state index contributed by atoms with van der Waals surface area (Å²) in [5.74, 6) is 1.38. The Kier molecular flexibility index (Phi) is 3.81. The molecule has 0 bridgehead atoms. The molecule has 1 saturated carbocycles. The van der Waals surface area contributed by atoms with Crippen LogP contribution in [-0.2, 0) is 0 Å². The molecule has 4 heteroatoms. The third-order valence-corrected chi connectivity index (χ3v) is 4.25. The van der Waals surface area contributed by atoms with Crippen LogP contribution in [-0.4, -0.2) is 27.4 Å². The van der Waals surface area contributed by atoms with E-state index >= 15 is 0 Å². The maximum Gasteiger partial charge on any atom is 0.153 e. The standard InChI is InChI=1S/C17H24N4/c1-11-7-8-18-16(9-11)21-14(4)17(13(3)20-21)12(2)10-19-15-5-6-15/h7-9,12,15,19H,5-6,10H2,1-4H3. The van der Waals surface area contributed by atoms with E-state index in [1.54, 1.807) is 0 Å². The summed E-state index contributed by atoms with van der Waals surface area (Å²) < 4.78 is 1.98. The van der Waals surface area contributed by atoms with Crippen LogP contribution in [0.15, 0.2) is 18.3 Å². The SMILES string of the molecule is Cc1ccnc(-n2nc(C)c(C(C)CNC3CC3)c2C)c1. The maximum atomic E-state index is 4.71. The molecule has 21 heavy (non-hydrogen) atoms. The molecule has 2 heterocycles. The van der Waals surface area contributed by atoms with E-state index in [4.69, 9.17) is 5.10 Å². The number of nitrogens with zero attached hydrogens (tertiary/aromatic N) is 3. The molecule has 1 unspecified atom stereocenters. The fraction of sp³-hybridized carbons (Fsp3) is 0.529. The van der Waals surface area contributed by atoms with Crippen LogP contribution < -0.4 is 5.32 Å². The highest BCUT2D eigenvalue weighted by atomic mass is 15.3. The Labute approximate surface area is 126 Å². The van der Waals surface area contributed by atoms with Gasteiger partial charge in [-0.25, -0.2) is 9.67 Å². The van der Waals surface area contributed by atoms with E-state index in [1.165, 1.54) is 29.7 Å². The Hall–Kier alpha value is -1.68. The molecule has 0 aliphatic heterocycles. The zero-order chi connectivity index (χ0) is 15.0. The van der Waals surface area contributed by atoms with E-state index in [1.807, 2.05) is 16.9 Å². The van der Waals surface area contributed by atoms with Crippen molar-refractivity contribution >= 4 is 0 Å². The molecule has 0 saturated heterocycles. The van der Waals surface area contributed by atoms with Crippen molar-refractivity contribution < 1.29 is 0 Å². The van der Waals surface area contributed by atoms with Crippen LogP contribution >= 0.6 is 0 Å².